The molecule has 1 atom stereocenters. The number of ether oxygens (including phenoxy) is 1. The molecule has 0 aliphatic heterocycles. The van der Waals surface area contributed by atoms with Crippen LogP contribution in [0.2, 0.25) is 0 Å². The lowest BCUT2D eigenvalue weighted by Crippen LogP contribution is -2.21. The molecule has 0 saturated carbocycles. The van der Waals surface area contributed by atoms with Crippen molar-refractivity contribution < 1.29 is 9.53 Å². The number of anilines is 1. The van der Waals surface area contributed by atoms with E-state index in [1.54, 1.807) is 6.20 Å². The Morgan fingerprint density at radius 3 is 2.52 bits per heavy atom. The van der Waals surface area contributed by atoms with E-state index >= 15 is 0 Å². The molecule has 152 valence electrons. The Morgan fingerprint density at radius 1 is 1.07 bits per heavy atom. The molecular weight excluding hydrogens is 362 g/mol. The summed E-state index contributed by atoms with van der Waals surface area (Å²) in [5.41, 5.74) is 3.42. The lowest BCUT2D eigenvalue weighted by Gasteiger charge is -2.19. The summed E-state index contributed by atoms with van der Waals surface area (Å²) in [6.45, 7) is 3.06. The standard InChI is InChI=1S/C24H29N3O2/c1-20(28)26-23-12-9-22(10-13-23)8-5-17-29-24(18-27-16-15-25-19-27)14-11-21-6-3-2-4-7-21/h2-4,6-7,9-10,12-13,15-16,19,24H,5,8,11,14,17-18H2,1H3,(H,26,28). The minimum atomic E-state index is -0.0504. The molecule has 5 heteroatoms. The Balaban J connectivity index is 1.45. The van der Waals surface area contributed by atoms with Crippen molar-refractivity contribution in [2.45, 2.75) is 45.3 Å². The summed E-state index contributed by atoms with van der Waals surface area (Å²) < 4.78 is 8.31. The van der Waals surface area contributed by atoms with E-state index in [9.17, 15) is 4.79 Å². The van der Waals surface area contributed by atoms with Crippen molar-refractivity contribution >= 4 is 11.6 Å². The first-order valence-electron chi connectivity index (χ1n) is 10.2. The lowest BCUT2D eigenvalue weighted by molar-refractivity contribution is -0.114. The van der Waals surface area contributed by atoms with Crippen molar-refractivity contribution in [1.29, 1.82) is 0 Å². The molecule has 0 fully saturated rings. The third kappa shape index (κ3) is 7.54. The molecule has 5 nitrogen and oxygen atoms in total. The Hall–Kier alpha value is -2.92. The second kappa shape index (κ2) is 11.2. The number of rotatable bonds is 11. The molecular formula is C24H29N3O2. The van der Waals surface area contributed by atoms with Gasteiger partial charge in [0.2, 0.25) is 5.91 Å². The van der Waals surface area contributed by atoms with Crippen LogP contribution in [0.5, 0.6) is 0 Å². The summed E-state index contributed by atoms with van der Waals surface area (Å²) in [5, 5.41) is 2.79. The van der Waals surface area contributed by atoms with Crippen LogP contribution in [0.4, 0.5) is 5.69 Å². The zero-order chi connectivity index (χ0) is 20.3. The van der Waals surface area contributed by atoms with Crippen LogP contribution >= 0.6 is 0 Å². The Kier molecular flexibility index (Phi) is 8.01. The molecule has 0 spiro atoms. The number of hydrogen-bond acceptors (Lipinski definition) is 3. The van der Waals surface area contributed by atoms with Crippen LogP contribution in [-0.4, -0.2) is 28.2 Å². The van der Waals surface area contributed by atoms with E-state index in [4.69, 9.17) is 4.74 Å². The van der Waals surface area contributed by atoms with E-state index in [2.05, 4.69) is 51.3 Å². The van der Waals surface area contributed by atoms with Crippen LogP contribution in [-0.2, 0) is 28.9 Å². The topological polar surface area (TPSA) is 56.1 Å². The van der Waals surface area contributed by atoms with E-state index in [1.165, 1.54) is 18.1 Å². The molecule has 0 saturated heterocycles. The Morgan fingerprint density at radius 2 is 1.83 bits per heavy atom. The van der Waals surface area contributed by atoms with Gasteiger partial charge in [0.25, 0.3) is 0 Å². The van der Waals surface area contributed by atoms with Gasteiger partial charge in [0, 0.05) is 38.2 Å². The van der Waals surface area contributed by atoms with Crippen molar-refractivity contribution in [3.05, 3.63) is 84.4 Å². The third-order valence-electron chi connectivity index (χ3n) is 4.81. The van der Waals surface area contributed by atoms with Gasteiger partial charge in [0.05, 0.1) is 12.4 Å². The molecule has 0 aliphatic rings. The molecule has 0 radical (unpaired) electrons. The van der Waals surface area contributed by atoms with E-state index in [-0.39, 0.29) is 12.0 Å². The molecule has 3 aromatic rings. The van der Waals surface area contributed by atoms with Crippen molar-refractivity contribution in [3.8, 4) is 0 Å². The van der Waals surface area contributed by atoms with Gasteiger partial charge < -0.3 is 14.6 Å². The first-order chi connectivity index (χ1) is 14.2. The number of aryl methyl sites for hydroxylation is 2. The van der Waals surface area contributed by atoms with Crippen LogP contribution in [0.15, 0.2) is 73.3 Å². The summed E-state index contributed by atoms with van der Waals surface area (Å²) in [7, 11) is 0. The number of imidazole rings is 1. The van der Waals surface area contributed by atoms with Gasteiger partial charge in [-0.25, -0.2) is 4.98 Å². The number of carbonyl (C=O) groups excluding carboxylic acids is 1. The van der Waals surface area contributed by atoms with Gasteiger partial charge in [-0.15, -0.1) is 0 Å². The fourth-order valence-corrected chi connectivity index (χ4v) is 3.31. The molecule has 0 aliphatic carbocycles. The Bertz CT molecular complexity index is 846. The minimum Gasteiger partial charge on any atom is -0.376 e. The second-order valence-corrected chi connectivity index (χ2v) is 7.26. The maximum atomic E-state index is 11.1. The van der Waals surface area contributed by atoms with Gasteiger partial charge >= 0.3 is 0 Å². The summed E-state index contributed by atoms with van der Waals surface area (Å²) in [5.74, 6) is -0.0504. The summed E-state index contributed by atoms with van der Waals surface area (Å²) in [6, 6.07) is 18.5. The van der Waals surface area contributed by atoms with E-state index in [0.717, 1.165) is 44.5 Å². The van der Waals surface area contributed by atoms with Crippen LogP contribution < -0.4 is 5.32 Å². The van der Waals surface area contributed by atoms with Crippen LogP contribution in [0.25, 0.3) is 0 Å². The number of nitrogens with one attached hydrogen (secondary N) is 1. The number of carbonyl (C=O) groups is 1. The van der Waals surface area contributed by atoms with Gasteiger partial charge in [-0.3, -0.25) is 4.79 Å². The molecule has 1 unspecified atom stereocenters. The monoisotopic (exact) mass is 391 g/mol. The number of amides is 1. The molecule has 0 bridgehead atoms. The highest BCUT2D eigenvalue weighted by Gasteiger charge is 2.11. The molecule has 1 aromatic heterocycles. The summed E-state index contributed by atoms with van der Waals surface area (Å²) in [4.78, 5) is 15.2. The molecule has 1 heterocycles. The van der Waals surface area contributed by atoms with Gasteiger partial charge in [-0.05, 0) is 48.9 Å². The number of nitrogens with zero attached hydrogens (tertiary/aromatic N) is 2. The molecule has 3 rings (SSSR count). The highest BCUT2D eigenvalue weighted by molar-refractivity contribution is 5.88. The fraction of sp³-hybridized carbons (Fsp3) is 0.333. The minimum absolute atomic E-state index is 0.0504. The number of hydrogen-bond donors (Lipinski definition) is 1. The van der Waals surface area contributed by atoms with E-state index < -0.39 is 0 Å². The zero-order valence-electron chi connectivity index (χ0n) is 17.0. The average Bonchev–Trinajstić information content (AvgIpc) is 3.24. The smallest absolute Gasteiger partial charge is 0.221 e. The first kappa shape index (κ1) is 20.8. The normalized spacial score (nSPS) is 11.9. The molecule has 1 N–H and O–H groups in total. The third-order valence-corrected chi connectivity index (χ3v) is 4.81. The quantitative estimate of drug-likeness (QED) is 0.490. The number of aromatic nitrogens is 2. The summed E-state index contributed by atoms with van der Waals surface area (Å²) >= 11 is 0. The summed E-state index contributed by atoms with van der Waals surface area (Å²) in [6.07, 6.45) is 9.69. The van der Waals surface area contributed by atoms with Gasteiger partial charge in [-0.1, -0.05) is 42.5 Å². The second-order valence-electron chi connectivity index (χ2n) is 7.26. The van der Waals surface area contributed by atoms with Gasteiger partial charge in [0.15, 0.2) is 0 Å². The average molecular weight is 392 g/mol. The van der Waals surface area contributed by atoms with Crippen molar-refractivity contribution in [2.24, 2.45) is 0 Å². The highest BCUT2D eigenvalue weighted by Crippen LogP contribution is 2.13. The maximum Gasteiger partial charge on any atom is 0.221 e. The molecule has 1 amide bonds. The SMILES string of the molecule is CC(=O)Nc1ccc(CCCOC(CCc2ccccc2)Cn2ccnc2)cc1. The lowest BCUT2D eigenvalue weighted by atomic mass is 10.1. The highest BCUT2D eigenvalue weighted by atomic mass is 16.5. The van der Waals surface area contributed by atoms with Crippen LogP contribution in [0.3, 0.4) is 0 Å². The van der Waals surface area contributed by atoms with E-state index in [1.807, 2.05) is 30.7 Å². The van der Waals surface area contributed by atoms with Crippen LogP contribution in [0, 0.1) is 0 Å². The molecule has 29 heavy (non-hydrogen) atoms. The predicted octanol–water partition coefficient (Wildman–Crippen LogP) is 4.49. The fourth-order valence-electron chi connectivity index (χ4n) is 3.31. The first-order valence-corrected chi connectivity index (χ1v) is 10.2. The number of benzene rings is 2. The van der Waals surface area contributed by atoms with E-state index in [0.29, 0.717) is 0 Å². The largest absolute Gasteiger partial charge is 0.376 e. The van der Waals surface area contributed by atoms with Crippen molar-refractivity contribution in [1.82, 2.24) is 9.55 Å². The van der Waals surface area contributed by atoms with Crippen molar-refractivity contribution in [3.63, 3.8) is 0 Å². The predicted molar refractivity (Wildman–Crippen MR) is 116 cm³/mol. The van der Waals surface area contributed by atoms with Crippen molar-refractivity contribution in [2.75, 3.05) is 11.9 Å². The van der Waals surface area contributed by atoms with Crippen LogP contribution in [0.1, 0.15) is 30.9 Å². The zero-order valence-corrected chi connectivity index (χ0v) is 17.0. The van der Waals surface area contributed by atoms with Gasteiger partial charge in [0.1, 0.15) is 0 Å². The maximum absolute atomic E-state index is 11.1. The van der Waals surface area contributed by atoms with Gasteiger partial charge in [-0.2, -0.15) is 0 Å². The molecule has 2 aromatic carbocycles. The Labute approximate surface area is 172 Å².